The van der Waals surface area contributed by atoms with Crippen molar-refractivity contribution in [1.82, 2.24) is 9.88 Å². The Kier molecular flexibility index (Phi) is 5.81. The number of benzene rings is 1. The van der Waals surface area contributed by atoms with Gasteiger partial charge in [-0.1, -0.05) is 12.5 Å². The molecule has 0 amide bonds. The van der Waals surface area contributed by atoms with E-state index in [2.05, 4.69) is 9.88 Å². The molecular formula is C19H24F2N2O2. The van der Waals surface area contributed by atoms with Crippen LogP contribution in [0.2, 0.25) is 0 Å². The smallest absolute Gasteiger partial charge is 0.229 e. The van der Waals surface area contributed by atoms with E-state index in [0.717, 1.165) is 44.2 Å². The fourth-order valence-electron chi connectivity index (χ4n) is 3.40. The molecule has 2 aromatic rings. The highest BCUT2D eigenvalue weighted by atomic mass is 19.2. The van der Waals surface area contributed by atoms with Crippen molar-refractivity contribution in [2.45, 2.75) is 45.2 Å². The minimum Gasteiger partial charge on any atom is -0.441 e. The van der Waals surface area contributed by atoms with Gasteiger partial charge < -0.3 is 9.15 Å². The second-order valence-corrected chi connectivity index (χ2v) is 6.52. The molecule has 6 heteroatoms. The van der Waals surface area contributed by atoms with E-state index in [9.17, 15) is 8.78 Å². The van der Waals surface area contributed by atoms with Gasteiger partial charge in [0.15, 0.2) is 11.6 Å². The summed E-state index contributed by atoms with van der Waals surface area (Å²) in [5.74, 6) is -1.04. The minimum atomic E-state index is -0.925. The number of aryl methyl sites for hydroxylation is 1. The SMILES string of the molecule is COCC[C@@H]1CCCCN1Cc1nc(-c2cccc(F)c2F)oc1C. The number of hydrogen-bond acceptors (Lipinski definition) is 4. The molecule has 0 unspecified atom stereocenters. The predicted molar refractivity (Wildman–Crippen MR) is 91.1 cm³/mol. The number of halogens is 2. The van der Waals surface area contributed by atoms with Gasteiger partial charge in [0.2, 0.25) is 5.89 Å². The van der Waals surface area contributed by atoms with Gasteiger partial charge in [-0.25, -0.2) is 13.8 Å². The number of piperidine rings is 1. The highest BCUT2D eigenvalue weighted by Gasteiger charge is 2.25. The number of oxazole rings is 1. The predicted octanol–water partition coefficient (Wildman–Crippen LogP) is 4.32. The first-order valence-corrected chi connectivity index (χ1v) is 8.74. The van der Waals surface area contributed by atoms with E-state index in [4.69, 9.17) is 9.15 Å². The average Bonchev–Trinajstić information content (AvgIpc) is 2.97. The van der Waals surface area contributed by atoms with Gasteiger partial charge in [-0.3, -0.25) is 4.90 Å². The van der Waals surface area contributed by atoms with Gasteiger partial charge in [0.25, 0.3) is 0 Å². The summed E-state index contributed by atoms with van der Waals surface area (Å²) in [5, 5.41) is 0. The van der Waals surface area contributed by atoms with Crippen molar-refractivity contribution < 1.29 is 17.9 Å². The Morgan fingerprint density at radius 2 is 2.16 bits per heavy atom. The molecule has 25 heavy (non-hydrogen) atoms. The van der Waals surface area contributed by atoms with Crippen LogP contribution < -0.4 is 0 Å². The van der Waals surface area contributed by atoms with E-state index in [1.165, 1.54) is 18.6 Å². The lowest BCUT2D eigenvalue weighted by Gasteiger charge is -2.35. The average molecular weight is 350 g/mol. The monoisotopic (exact) mass is 350 g/mol. The van der Waals surface area contributed by atoms with Crippen molar-refractivity contribution in [1.29, 1.82) is 0 Å². The van der Waals surface area contributed by atoms with E-state index in [-0.39, 0.29) is 11.5 Å². The number of methoxy groups -OCH3 is 1. The van der Waals surface area contributed by atoms with Crippen LogP contribution in [-0.2, 0) is 11.3 Å². The zero-order chi connectivity index (χ0) is 17.8. The molecule has 1 aliphatic rings. The van der Waals surface area contributed by atoms with Crippen LogP contribution in [0, 0.1) is 18.6 Å². The second kappa shape index (κ2) is 8.06. The molecule has 0 radical (unpaired) electrons. The lowest BCUT2D eigenvalue weighted by molar-refractivity contribution is 0.0961. The molecule has 4 nitrogen and oxygen atoms in total. The van der Waals surface area contributed by atoms with Crippen LogP contribution >= 0.6 is 0 Å². The first-order chi connectivity index (χ1) is 12.1. The molecule has 0 saturated carbocycles. The Bertz CT molecular complexity index is 717. The summed E-state index contributed by atoms with van der Waals surface area (Å²) in [6, 6.07) is 4.48. The molecule has 0 bridgehead atoms. The summed E-state index contributed by atoms with van der Waals surface area (Å²) >= 11 is 0. The first-order valence-electron chi connectivity index (χ1n) is 8.74. The van der Waals surface area contributed by atoms with Crippen molar-refractivity contribution >= 4 is 0 Å². The molecule has 1 aliphatic heterocycles. The Labute approximate surface area is 146 Å². The Morgan fingerprint density at radius 1 is 1.32 bits per heavy atom. The van der Waals surface area contributed by atoms with Crippen LogP contribution in [0.5, 0.6) is 0 Å². The maximum Gasteiger partial charge on any atom is 0.229 e. The Balaban J connectivity index is 1.79. The summed E-state index contributed by atoms with van der Waals surface area (Å²) in [7, 11) is 1.72. The highest BCUT2D eigenvalue weighted by Crippen LogP contribution is 2.28. The Hall–Kier alpha value is -1.79. The standard InChI is InChI=1S/C19H24F2N2O2/c1-13-17(12-23-10-4-3-6-14(23)9-11-24-2)22-19(25-13)15-7-5-8-16(20)18(15)21/h5,7-8,14H,3-4,6,9-12H2,1-2H3/t14-/m0/s1. The fraction of sp³-hybridized carbons (Fsp3) is 0.526. The van der Waals surface area contributed by atoms with Crippen LogP contribution in [0.4, 0.5) is 8.78 Å². The minimum absolute atomic E-state index is 0.0592. The van der Waals surface area contributed by atoms with Crippen molar-refractivity contribution in [2.75, 3.05) is 20.3 Å². The van der Waals surface area contributed by atoms with Crippen molar-refractivity contribution in [3.8, 4) is 11.5 Å². The van der Waals surface area contributed by atoms with E-state index in [1.54, 1.807) is 7.11 Å². The number of nitrogens with zero attached hydrogens (tertiary/aromatic N) is 2. The molecule has 1 atom stereocenters. The molecule has 136 valence electrons. The summed E-state index contributed by atoms with van der Waals surface area (Å²) < 4.78 is 38.3. The van der Waals surface area contributed by atoms with Gasteiger partial charge in [-0.15, -0.1) is 0 Å². The van der Waals surface area contributed by atoms with Crippen LogP contribution in [0.15, 0.2) is 22.6 Å². The Morgan fingerprint density at radius 3 is 2.96 bits per heavy atom. The third kappa shape index (κ3) is 4.07. The molecule has 1 aromatic heterocycles. The summed E-state index contributed by atoms with van der Waals surface area (Å²) in [6.07, 6.45) is 4.51. The largest absolute Gasteiger partial charge is 0.441 e. The normalized spacial score (nSPS) is 18.6. The number of likely N-dealkylation sites (tertiary alicyclic amines) is 1. The number of rotatable bonds is 6. The topological polar surface area (TPSA) is 38.5 Å². The molecular weight excluding hydrogens is 326 g/mol. The number of aromatic nitrogens is 1. The molecule has 1 saturated heterocycles. The number of hydrogen-bond donors (Lipinski definition) is 0. The molecule has 2 heterocycles. The molecule has 0 N–H and O–H groups in total. The summed E-state index contributed by atoms with van der Waals surface area (Å²) in [4.78, 5) is 6.83. The molecule has 0 spiro atoms. The van der Waals surface area contributed by atoms with Crippen molar-refractivity contribution in [3.63, 3.8) is 0 Å². The molecule has 1 fully saturated rings. The lowest BCUT2D eigenvalue weighted by atomic mass is 9.99. The zero-order valence-electron chi connectivity index (χ0n) is 14.7. The van der Waals surface area contributed by atoms with E-state index < -0.39 is 11.6 Å². The van der Waals surface area contributed by atoms with E-state index >= 15 is 0 Å². The van der Waals surface area contributed by atoms with Gasteiger partial charge >= 0.3 is 0 Å². The molecule has 1 aromatic carbocycles. The second-order valence-electron chi connectivity index (χ2n) is 6.52. The maximum atomic E-state index is 14.0. The first kappa shape index (κ1) is 18.0. The van der Waals surface area contributed by atoms with E-state index in [0.29, 0.717) is 18.3 Å². The van der Waals surface area contributed by atoms with Crippen LogP contribution in [0.25, 0.3) is 11.5 Å². The van der Waals surface area contributed by atoms with Gasteiger partial charge in [0.05, 0.1) is 11.3 Å². The van der Waals surface area contributed by atoms with Gasteiger partial charge in [0, 0.05) is 26.3 Å². The highest BCUT2D eigenvalue weighted by molar-refractivity contribution is 5.54. The fourth-order valence-corrected chi connectivity index (χ4v) is 3.40. The van der Waals surface area contributed by atoms with Gasteiger partial charge in [-0.2, -0.15) is 0 Å². The molecule has 0 aliphatic carbocycles. The van der Waals surface area contributed by atoms with Crippen LogP contribution in [0.1, 0.15) is 37.1 Å². The summed E-state index contributed by atoms with van der Waals surface area (Å²) in [5.41, 5.74) is 0.840. The lowest BCUT2D eigenvalue weighted by Crippen LogP contribution is -2.39. The third-order valence-corrected chi connectivity index (χ3v) is 4.83. The number of ether oxygens (including phenoxy) is 1. The zero-order valence-corrected chi connectivity index (χ0v) is 14.7. The van der Waals surface area contributed by atoms with Gasteiger partial charge in [-0.05, 0) is 44.9 Å². The van der Waals surface area contributed by atoms with Crippen LogP contribution in [0.3, 0.4) is 0 Å². The van der Waals surface area contributed by atoms with Gasteiger partial charge in [0.1, 0.15) is 5.76 Å². The van der Waals surface area contributed by atoms with E-state index in [1.807, 2.05) is 6.92 Å². The maximum absolute atomic E-state index is 14.0. The molecule has 3 rings (SSSR count). The summed E-state index contributed by atoms with van der Waals surface area (Å²) in [6.45, 7) is 4.21. The van der Waals surface area contributed by atoms with Crippen LogP contribution in [-0.4, -0.2) is 36.2 Å². The van der Waals surface area contributed by atoms with Crippen molar-refractivity contribution in [3.05, 3.63) is 41.3 Å². The van der Waals surface area contributed by atoms with Crippen molar-refractivity contribution in [2.24, 2.45) is 0 Å². The third-order valence-electron chi connectivity index (χ3n) is 4.83. The quantitative estimate of drug-likeness (QED) is 0.778.